The normalized spacial score (nSPS) is 11.3. The molecule has 1 aromatic heterocycles. The number of rotatable bonds is 9. The quantitative estimate of drug-likeness (QED) is 0.150. The van der Waals surface area contributed by atoms with E-state index in [1.54, 1.807) is 13.0 Å². The van der Waals surface area contributed by atoms with E-state index < -0.39 is 29.7 Å². The second-order valence-electron chi connectivity index (χ2n) is 9.17. The Kier molecular flexibility index (Phi) is 11.0. The van der Waals surface area contributed by atoms with Crippen molar-refractivity contribution in [2.24, 2.45) is 11.5 Å². The van der Waals surface area contributed by atoms with E-state index in [1.807, 2.05) is 42.5 Å². The molecule has 7 N–H and O–H groups in total. The van der Waals surface area contributed by atoms with Crippen LogP contribution in [0, 0.1) is 12.7 Å². The van der Waals surface area contributed by atoms with Crippen molar-refractivity contribution in [3.8, 4) is 11.3 Å². The molecular weight excluding hydrogens is 595 g/mol. The van der Waals surface area contributed by atoms with Crippen LogP contribution in [-0.4, -0.2) is 45.6 Å². The number of amides is 1. The van der Waals surface area contributed by atoms with Crippen LogP contribution >= 0.6 is 15.9 Å². The summed E-state index contributed by atoms with van der Waals surface area (Å²) in [6.07, 6.45) is 2.16. The first-order valence-corrected chi connectivity index (χ1v) is 13.5. The van der Waals surface area contributed by atoms with Crippen LogP contribution in [0.4, 0.5) is 10.1 Å². The fourth-order valence-electron chi connectivity index (χ4n) is 4.07. The molecule has 0 aliphatic carbocycles. The molecule has 9 nitrogen and oxygen atoms in total. The van der Waals surface area contributed by atoms with Crippen LogP contribution in [0.3, 0.4) is 0 Å². The van der Waals surface area contributed by atoms with Gasteiger partial charge in [-0.1, -0.05) is 52.7 Å². The third kappa shape index (κ3) is 8.16. The van der Waals surface area contributed by atoms with Crippen LogP contribution in [0.15, 0.2) is 71.2 Å². The van der Waals surface area contributed by atoms with Crippen molar-refractivity contribution in [2.45, 2.75) is 32.2 Å². The van der Waals surface area contributed by atoms with E-state index in [4.69, 9.17) is 26.7 Å². The molecule has 0 saturated carbocycles. The van der Waals surface area contributed by atoms with Gasteiger partial charge in [-0.2, -0.15) is 0 Å². The molecule has 0 saturated heterocycles. The SMILES string of the molecule is Cc1c(-c2ccccc2)nc2ccc(Br)cc2c1C(=O)Nc1ccc(C(=O)O)cc1F.NCCCCC(N)C(=O)O. The number of carboxylic acid groups (broad SMARTS) is 2. The number of halogens is 2. The van der Waals surface area contributed by atoms with Gasteiger partial charge in [0.15, 0.2) is 0 Å². The highest BCUT2D eigenvalue weighted by Gasteiger charge is 2.21. The molecule has 4 aromatic rings. The Hall–Kier alpha value is -4.19. The molecule has 4 rings (SSSR count). The van der Waals surface area contributed by atoms with Gasteiger partial charge in [-0.25, -0.2) is 14.2 Å². The van der Waals surface area contributed by atoms with Gasteiger partial charge in [0.2, 0.25) is 0 Å². The first-order valence-electron chi connectivity index (χ1n) is 12.7. The summed E-state index contributed by atoms with van der Waals surface area (Å²) in [6.45, 7) is 2.40. The lowest BCUT2D eigenvalue weighted by molar-refractivity contribution is -0.138. The number of nitrogens with two attached hydrogens (primary N) is 2. The Morgan fingerprint density at radius 1 is 1.02 bits per heavy atom. The Bertz CT molecular complexity index is 1570. The van der Waals surface area contributed by atoms with Gasteiger partial charge in [-0.15, -0.1) is 0 Å². The Morgan fingerprint density at radius 3 is 2.34 bits per heavy atom. The number of benzene rings is 3. The van der Waals surface area contributed by atoms with E-state index in [1.165, 1.54) is 12.1 Å². The number of unbranched alkanes of at least 4 members (excludes halogenated alkanes) is 1. The fraction of sp³-hybridized carbons (Fsp3) is 0.200. The summed E-state index contributed by atoms with van der Waals surface area (Å²) in [6, 6.07) is 17.6. The number of hydrogen-bond donors (Lipinski definition) is 5. The molecule has 0 radical (unpaired) electrons. The number of aromatic carboxylic acids is 1. The number of aromatic nitrogens is 1. The standard InChI is InChI=1S/C24H16BrFN2O3.C6H14N2O2/c1-13-21(23(29)28-20-9-7-15(24(30)31)11-18(20)26)17-12-16(25)8-10-19(17)27-22(13)14-5-3-2-4-6-14;7-4-2-1-3-5(8)6(9)10/h2-12H,1H3,(H,28,29)(H,30,31);5H,1-4,7-8H2,(H,9,10). The van der Waals surface area contributed by atoms with Gasteiger partial charge in [0, 0.05) is 15.4 Å². The van der Waals surface area contributed by atoms with E-state index in [9.17, 15) is 18.8 Å². The molecule has 0 aliphatic heterocycles. The number of anilines is 1. The van der Waals surface area contributed by atoms with E-state index in [2.05, 4.69) is 21.2 Å². The molecule has 41 heavy (non-hydrogen) atoms. The topological polar surface area (TPSA) is 169 Å². The Labute approximate surface area is 244 Å². The van der Waals surface area contributed by atoms with Gasteiger partial charge in [0.05, 0.1) is 28.0 Å². The van der Waals surface area contributed by atoms with Crippen molar-refractivity contribution in [3.63, 3.8) is 0 Å². The number of carbonyl (C=O) groups excluding carboxylic acids is 1. The predicted octanol–water partition coefficient (Wildman–Crippen LogP) is 5.59. The molecule has 1 unspecified atom stereocenters. The van der Waals surface area contributed by atoms with E-state index in [0.29, 0.717) is 40.7 Å². The summed E-state index contributed by atoms with van der Waals surface area (Å²) in [5, 5.41) is 20.5. The fourth-order valence-corrected chi connectivity index (χ4v) is 4.43. The molecule has 0 spiro atoms. The molecule has 1 atom stereocenters. The molecule has 214 valence electrons. The summed E-state index contributed by atoms with van der Waals surface area (Å²) >= 11 is 3.43. The maximum atomic E-state index is 14.4. The van der Waals surface area contributed by atoms with Gasteiger partial charge < -0.3 is 27.0 Å². The predicted molar refractivity (Wildman–Crippen MR) is 159 cm³/mol. The largest absolute Gasteiger partial charge is 0.480 e. The number of nitrogens with one attached hydrogen (secondary N) is 1. The minimum Gasteiger partial charge on any atom is -0.480 e. The number of carbonyl (C=O) groups is 3. The molecule has 11 heteroatoms. The minimum atomic E-state index is -1.25. The number of carboxylic acids is 2. The molecule has 3 aromatic carbocycles. The van der Waals surface area contributed by atoms with E-state index in [0.717, 1.165) is 28.9 Å². The zero-order chi connectivity index (χ0) is 30.1. The van der Waals surface area contributed by atoms with Crippen molar-refractivity contribution >= 4 is 50.4 Å². The first kappa shape index (κ1) is 31.3. The average molecular weight is 625 g/mol. The molecular formula is C30H30BrFN4O5. The molecule has 0 aliphatic rings. The second kappa shape index (κ2) is 14.4. The first-order chi connectivity index (χ1) is 19.5. The molecule has 1 amide bonds. The van der Waals surface area contributed by atoms with Crippen molar-refractivity contribution in [1.29, 1.82) is 0 Å². The van der Waals surface area contributed by atoms with E-state index >= 15 is 0 Å². The van der Waals surface area contributed by atoms with Crippen LogP contribution in [0.25, 0.3) is 22.2 Å². The highest BCUT2D eigenvalue weighted by atomic mass is 79.9. The van der Waals surface area contributed by atoms with Gasteiger partial charge in [-0.3, -0.25) is 9.59 Å². The summed E-state index contributed by atoms with van der Waals surface area (Å²) in [4.78, 5) is 39.2. The summed E-state index contributed by atoms with van der Waals surface area (Å²) in [7, 11) is 0. The third-order valence-corrected chi connectivity index (χ3v) is 6.71. The Morgan fingerprint density at radius 2 is 1.73 bits per heavy atom. The summed E-state index contributed by atoms with van der Waals surface area (Å²) in [5.74, 6) is -3.52. The molecule has 0 bridgehead atoms. The zero-order valence-electron chi connectivity index (χ0n) is 22.2. The highest BCUT2D eigenvalue weighted by molar-refractivity contribution is 9.10. The van der Waals surface area contributed by atoms with Crippen LogP contribution in [0.5, 0.6) is 0 Å². The second-order valence-corrected chi connectivity index (χ2v) is 10.1. The van der Waals surface area contributed by atoms with Gasteiger partial charge in [0.25, 0.3) is 5.91 Å². The summed E-state index contributed by atoms with van der Waals surface area (Å²) < 4.78 is 15.2. The summed E-state index contributed by atoms with van der Waals surface area (Å²) in [5.41, 5.74) is 13.3. The Balaban J connectivity index is 0.000000397. The number of fused-ring (bicyclic) bond motifs is 1. The third-order valence-electron chi connectivity index (χ3n) is 6.22. The number of nitrogens with zero attached hydrogens (tertiary/aromatic N) is 1. The maximum absolute atomic E-state index is 14.4. The zero-order valence-corrected chi connectivity index (χ0v) is 23.8. The van der Waals surface area contributed by atoms with Crippen LogP contribution < -0.4 is 16.8 Å². The number of pyridine rings is 1. The van der Waals surface area contributed by atoms with Crippen molar-refractivity contribution < 1.29 is 29.0 Å². The maximum Gasteiger partial charge on any atom is 0.335 e. The van der Waals surface area contributed by atoms with E-state index in [-0.39, 0.29) is 11.3 Å². The van der Waals surface area contributed by atoms with Crippen molar-refractivity contribution in [2.75, 3.05) is 11.9 Å². The van der Waals surface area contributed by atoms with Gasteiger partial charge >= 0.3 is 11.9 Å². The van der Waals surface area contributed by atoms with Crippen LogP contribution in [0.2, 0.25) is 0 Å². The number of aliphatic carboxylic acids is 1. The smallest absolute Gasteiger partial charge is 0.335 e. The van der Waals surface area contributed by atoms with Crippen molar-refractivity contribution in [3.05, 3.63) is 93.7 Å². The van der Waals surface area contributed by atoms with Gasteiger partial charge in [-0.05, 0) is 68.3 Å². The van der Waals surface area contributed by atoms with Crippen LogP contribution in [0.1, 0.15) is 45.5 Å². The monoisotopic (exact) mass is 624 g/mol. The van der Waals surface area contributed by atoms with Crippen LogP contribution in [-0.2, 0) is 4.79 Å². The van der Waals surface area contributed by atoms with Crippen molar-refractivity contribution in [1.82, 2.24) is 4.98 Å². The molecule has 1 heterocycles. The lowest BCUT2D eigenvalue weighted by Crippen LogP contribution is -2.29. The molecule has 0 fully saturated rings. The van der Waals surface area contributed by atoms with Gasteiger partial charge in [0.1, 0.15) is 11.9 Å². The number of hydrogen-bond acceptors (Lipinski definition) is 6. The minimum absolute atomic E-state index is 0.101. The average Bonchev–Trinajstić information content (AvgIpc) is 2.94. The highest BCUT2D eigenvalue weighted by Crippen LogP contribution is 2.32. The lowest BCUT2D eigenvalue weighted by Gasteiger charge is -2.15. The lowest BCUT2D eigenvalue weighted by atomic mass is 9.97.